The van der Waals surface area contributed by atoms with E-state index in [-0.39, 0.29) is 6.04 Å². The second-order valence-corrected chi connectivity index (χ2v) is 5.46. The number of hydrogen-bond donors (Lipinski definition) is 1. The van der Waals surface area contributed by atoms with Crippen molar-refractivity contribution in [1.82, 2.24) is 10.3 Å². The van der Waals surface area contributed by atoms with E-state index in [1.807, 2.05) is 14.0 Å². The first-order chi connectivity index (χ1) is 10.2. The van der Waals surface area contributed by atoms with Crippen LogP contribution in [0.25, 0.3) is 10.8 Å². The Hall–Kier alpha value is -2.19. The quantitative estimate of drug-likeness (QED) is 0.777. The van der Waals surface area contributed by atoms with Gasteiger partial charge in [0.25, 0.3) is 0 Å². The highest BCUT2D eigenvalue weighted by molar-refractivity contribution is 5.83. The molecule has 2 heteroatoms. The molecule has 1 N–H and O–H groups in total. The Bertz CT molecular complexity index is 777. The van der Waals surface area contributed by atoms with Gasteiger partial charge in [0.1, 0.15) is 0 Å². The van der Waals surface area contributed by atoms with Crippen LogP contribution in [0.2, 0.25) is 0 Å². The Morgan fingerprint density at radius 3 is 2.38 bits per heavy atom. The van der Waals surface area contributed by atoms with Crippen molar-refractivity contribution in [2.75, 3.05) is 7.05 Å². The topological polar surface area (TPSA) is 24.9 Å². The molecule has 0 aliphatic rings. The molecule has 0 radical (unpaired) electrons. The van der Waals surface area contributed by atoms with Crippen molar-refractivity contribution in [1.29, 1.82) is 0 Å². The first-order valence-corrected chi connectivity index (χ1v) is 7.29. The summed E-state index contributed by atoms with van der Waals surface area (Å²) in [4.78, 5) is 4.59. The highest BCUT2D eigenvalue weighted by Crippen LogP contribution is 2.26. The van der Waals surface area contributed by atoms with Crippen molar-refractivity contribution in [3.05, 3.63) is 77.1 Å². The number of rotatable bonds is 3. The summed E-state index contributed by atoms with van der Waals surface area (Å²) in [5, 5.41) is 5.96. The molecular formula is C19H20N2. The van der Waals surface area contributed by atoms with E-state index in [0.717, 1.165) is 11.4 Å². The lowest BCUT2D eigenvalue weighted by Crippen LogP contribution is -2.19. The van der Waals surface area contributed by atoms with E-state index in [2.05, 4.69) is 71.8 Å². The average molecular weight is 276 g/mol. The lowest BCUT2D eigenvalue weighted by atomic mass is 9.95. The molecular weight excluding hydrogens is 256 g/mol. The van der Waals surface area contributed by atoms with E-state index in [9.17, 15) is 0 Å². The van der Waals surface area contributed by atoms with Crippen LogP contribution in [0.1, 0.15) is 28.6 Å². The van der Waals surface area contributed by atoms with Gasteiger partial charge in [0, 0.05) is 11.4 Å². The standard InChI is InChI=1S/C19H20N2/c1-13-8-11-18(14(2)21-13)19(20-3)17-10-9-15-6-4-5-7-16(15)12-17/h4-12,19-20H,1-3H3. The number of pyridine rings is 1. The first-order valence-electron chi connectivity index (χ1n) is 7.29. The smallest absolute Gasteiger partial charge is 0.0592 e. The second kappa shape index (κ2) is 5.66. The zero-order valence-electron chi connectivity index (χ0n) is 12.7. The minimum Gasteiger partial charge on any atom is -0.309 e. The SMILES string of the molecule is CNC(c1ccc2ccccc2c1)c1ccc(C)nc1C. The van der Waals surface area contributed by atoms with Crippen molar-refractivity contribution in [3.63, 3.8) is 0 Å². The number of hydrogen-bond acceptors (Lipinski definition) is 2. The fraction of sp³-hybridized carbons (Fsp3) is 0.211. The summed E-state index contributed by atoms with van der Waals surface area (Å²) in [6, 6.07) is 19.5. The summed E-state index contributed by atoms with van der Waals surface area (Å²) in [6.45, 7) is 4.11. The molecule has 1 heterocycles. The number of benzene rings is 2. The zero-order valence-corrected chi connectivity index (χ0v) is 12.7. The predicted molar refractivity (Wildman–Crippen MR) is 88.6 cm³/mol. The first kappa shape index (κ1) is 13.8. The van der Waals surface area contributed by atoms with Crippen molar-refractivity contribution in [3.8, 4) is 0 Å². The fourth-order valence-electron chi connectivity index (χ4n) is 2.89. The van der Waals surface area contributed by atoms with Gasteiger partial charge >= 0.3 is 0 Å². The number of nitrogens with one attached hydrogen (secondary N) is 1. The third kappa shape index (κ3) is 2.67. The second-order valence-electron chi connectivity index (χ2n) is 5.46. The lowest BCUT2D eigenvalue weighted by molar-refractivity contribution is 0.683. The molecule has 1 aromatic heterocycles. The van der Waals surface area contributed by atoms with E-state index in [4.69, 9.17) is 0 Å². The number of nitrogens with zero attached hydrogens (tertiary/aromatic N) is 1. The summed E-state index contributed by atoms with van der Waals surface area (Å²) in [5.74, 6) is 0. The Morgan fingerprint density at radius 2 is 1.67 bits per heavy atom. The highest BCUT2D eigenvalue weighted by atomic mass is 14.9. The summed E-state index contributed by atoms with van der Waals surface area (Å²) in [7, 11) is 2.00. The van der Waals surface area contributed by atoms with Gasteiger partial charge < -0.3 is 5.32 Å². The summed E-state index contributed by atoms with van der Waals surface area (Å²) < 4.78 is 0. The Kier molecular flexibility index (Phi) is 3.72. The maximum atomic E-state index is 4.59. The van der Waals surface area contributed by atoms with E-state index < -0.39 is 0 Å². The maximum Gasteiger partial charge on any atom is 0.0592 e. The molecule has 2 aromatic carbocycles. The molecule has 0 saturated heterocycles. The molecule has 3 aromatic rings. The number of fused-ring (bicyclic) bond motifs is 1. The molecule has 3 rings (SSSR count). The predicted octanol–water partition coefficient (Wildman–Crippen LogP) is 4.16. The van der Waals surface area contributed by atoms with E-state index >= 15 is 0 Å². The Morgan fingerprint density at radius 1 is 0.905 bits per heavy atom. The van der Waals surface area contributed by atoms with Crippen LogP contribution in [-0.4, -0.2) is 12.0 Å². The largest absolute Gasteiger partial charge is 0.309 e. The summed E-state index contributed by atoms with van der Waals surface area (Å²) >= 11 is 0. The van der Waals surface area contributed by atoms with Gasteiger partial charge in [-0.3, -0.25) is 4.98 Å². The zero-order chi connectivity index (χ0) is 14.8. The molecule has 0 fully saturated rings. The van der Waals surface area contributed by atoms with E-state index in [1.54, 1.807) is 0 Å². The van der Waals surface area contributed by atoms with Crippen LogP contribution >= 0.6 is 0 Å². The lowest BCUT2D eigenvalue weighted by Gasteiger charge is -2.19. The van der Waals surface area contributed by atoms with Gasteiger partial charge in [-0.05, 0) is 54.9 Å². The van der Waals surface area contributed by atoms with Crippen LogP contribution in [0.3, 0.4) is 0 Å². The maximum absolute atomic E-state index is 4.59. The monoisotopic (exact) mass is 276 g/mol. The van der Waals surface area contributed by atoms with Crippen molar-refractivity contribution in [2.45, 2.75) is 19.9 Å². The van der Waals surface area contributed by atoms with Crippen LogP contribution < -0.4 is 5.32 Å². The fourth-order valence-corrected chi connectivity index (χ4v) is 2.89. The van der Waals surface area contributed by atoms with E-state index in [0.29, 0.717) is 0 Å². The average Bonchev–Trinajstić information content (AvgIpc) is 2.50. The van der Waals surface area contributed by atoms with Gasteiger partial charge in [0.05, 0.1) is 6.04 Å². The molecule has 0 bridgehead atoms. The molecule has 106 valence electrons. The Balaban J connectivity index is 2.09. The van der Waals surface area contributed by atoms with Crippen molar-refractivity contribution in [2.24, 2.45) is 0 Å². The van der Waals surface area contributed by atoms with Gasteiger partial charge in [-0.15, -0.1) is 0 Å². The molecule has 21 heavy (non-hydrogen) atoms. The molecule has 0 spiro atoms. The molecule has 2 nitrogen and oxygen atoms in total. The molecule has 0 saturated carbocycles. The highest BCUT2D eigenvalue weighted by Gasteiger charge is 2.15. The Labute approximate surface area is 125 Å². The normalized spacial score (nSPS) is 12.5. The van der Waals surface area contributed by atoms with Crippen LogP contribution in [0.15, 0.2) is 54.6 Å². The van der Waals surface area contributed by atoms with Crippen molar-refractivity contribution >= 4 is 10.8 Å². The minimum absolute atomic E-state index is 0.169. The van der Waals surface area contributed by atoms with Crippen LogP contribution in [0.5, 0.6) is 0 Å². The molecule has 0 aliphatic heterocycles. The third-order valence-electron chi connectivity index (χ3n) is 3.97. The molecule has 0 amide bonds. The van der Waals surface area contributed by atoms with Crippen LogP contribution in [0.4, 0.5) is 0 Å². The van der Waals surface area contributed by atoms with Gasteiger partial charge in [0.15, 0.2) is 0 Å². The van der Waals surface area contributed by atoms with Crippen molar-refractivity contribution < 1.29 is 0 Å². The van der Waals surface area contributed by atoms with Crippen LogP contribution in [-0.2, 0) is 0 Å². The molecule has 1 unspecified atom stereocenters. The molecule has 1 atom stereocenters. The minimum atomic E-state index is 0.169. The van der Waals surface area contributed by atoms with Gasteiger partial charge in [-0.2, -0.15) is 0 Å². The van der Waals surface area contributed by atoms with E-state index in [1.165, 1.54) is 21.9 Å². The van der Waals surface area contributed by atoms with Gasteiger partial charge in [-0.25, -0.2) is 0 Å². The molecule has 0 aliphatic carbocycles. The van der Waals surface area contributed by atoms with Gasteiger partial charge in [-0.1, -0.05) is 42.5 Å². The van der Waals surface area contributed by atoms with Gasteiger partial charge in [0.2, 0.25) is 0 Å². The third-order valence-corrected chi connectivity index (χ3v) is 3.97. The summed E-state index contributed by atoms with van der Waals surface area (Å²) in [6.07, 6.45) is 0. The number of aryl methyl sites for hydroxylation is 2. The summed E-state index contributed by atoms with van der Waals surface area (Å²) in [5.41, 5.74) is 4.65. The van der Waals surface area contributed by atoms with Crippen LogP contribution in [0, 0.1) is 13.8 Å². The number of aromatic nitrogens is 1.